The van der Waals surface area contributed by atoms with Crippen LogP contribution in [0.25, 0.3) is 0 Å². The second-order valence-electron chi connectivity index (χ2n) is 4.98. The predicted octanol–water partition coefficient (Wildman–Crippen LogP) is 0.927. The number of likely N-dealkylation sites (N-methyl/N-ethyl adjacent to an activating group) is 1. The van der Waals surface area contributed by atoms with Gasteiger partial charge in [0.1, 0.15) is 0 Å². The maximum absolute atomic E-state index is 12.1. The first-order chi connectivity index (χ1) is 8.08. The van der Waals surface area contributed by atoms with Gasteiger partial charge in [-0.2, -0.15) is 0 Å². The van der Waals surface area contributed by atoms with Crippen molar-refractivity contribution in [2.24, 2.45) is 0 Å². The van der Waals surface area contributed by atoms with Crippen LogP contribution in [0.2, 0.25) is 0 Å². The average molecular weight is 241 g/mol. The molecule has 1 aliphatic rings. The largest absolute Gasteiger partial charge is 0.340 e. The van der Waals surface area contributed by atoms with Crippen molar-refractivity contribution in [3.63, 3.8) is 0 Å². The predicted molar refractivity (Wildman–Crippen MR) is 71.0 cm³/mol. The molecule has 4 heteroatoms. The first-order valence-electron chi connectivity index (χ1n) is 6.83. The second kappa shape index (κ2) is 6.97. The zero-order chi connectivity index (χ0) is 12.8. The standard InChI is InChI=1S/C13H27N3O/c1-5-14-11(3)9-13(17)16-8-7-15(6-2)12(4)10-16/h11-12,14H,5-10H2,1-4H3. The number of carbonyl (C=O) groups excluding carboxylic acids is 1. The van der Waals surface area contributed by atoms with Crippen molar-refractivity contribution >= 4 is 5.91 Å². The van der Waals surface area contributed by atoms with Crippen molar-refractivity contribution in [1.29, 1.82) is 0 Å². The third-order valence-corrected chi connectivity index (χ3v) is 3.56. The van der Waals surface area contributed by atoms with Gasteiger partial charge in [0, 0.05) is 38.1 Å². The molecule has 1 N–H and O–H groups in total. The van der Waals surface area contributed by atoms with Gasteiger partial charge in [0.15, 0.2) is 0 Å². The third-order valence-electron chi connectivity index (χ3n) is 3.56. The highest BCUT2D eigenvalue weighted by Gasteiger charge is 2.25. The summed E-state index contributed by atoms with van der Waals surface area (Å²) in [5.74, 6) is 0.293. The van der Waals surface area contributed by atoms with E-state index in [2.05, 4.69) is 37.9 Å². The molecule has 1 saturated heterocycles. The molecule has 0 aromatic rings. The summed E-state index contributed by atoms with van der Waals surface area (Å²) >= 11 is 0. The minimum atomic E-state index is 0.284. The van der Waals surface area contributed by atoms with E-state index >= 15 is 0 Å². The average Bonchev–Trinajstić information content (AvgIpc) is 2.29. The molecular weight excluding hydrogens is 214 g/mol. The number of hydrogen-bond acceptors (Lipinski definition) is 3. The topological polar surface area (TPSA) is 35.6 Å². The number of nitrogens with zero attached hydrogens (tertiary/aromatic N) is 2. The minimum Gasteiger partial charge on any atom is -0.340 e. The molecule has 1 heterocycles. The molecule has 2 unspecified atom stereocenters. The number of hydrogen-bond donors (Lipinski definition) is 1. The van der Waals surface area contributed by atoms with E-state index in [-0.39, 0.29) is 6.04 Å². The van der Waals surface area contributed by atoms with Crippen LogP contribution in [0.15, 0.2) is 0 Å². The Morgan fingerprint density at radius 1 is 1.41 bits per heavy atom. The van der Waals surface area contributed by atoms with E-state index in [1.807, 2.05) is 4.90 Å². The van der Waals surface area contributed by atoms with Crippen LogP contribution in [0, 0.1) is 0 Å². The summed E-state index contributed by atoms with van der Waals surface area (Å²) < 4.78 is 0. The molecule has 0 aromatic carbocycles. The van der Waals surface area contributed by atoms with Crippen molar-refractivity contribution in [1.82, 2.24) is 15.1 Å². The van der Waals surface area contributed by atoms with Gasteiger partial charge in [-0.05, 0) is 26.9 Å². The Balaban J connectivity index is 2.38. The highest BCUT2D eigenvalue weighted by Crippen LogP contribution is 2.10. The molecule has 0 bridgehead atoms. The van der Waals surface area contributed by atoms with Crippen LogP contribution in [0.5, 0.6) is 0 Å². The lowest BCUT2D eigenvalue weighted by atomic mass is 10.1. The highest BCUT2D eigenvalue weighted by molar-refractivity contribution is 5.77. The van der Waals surface area contributed by atoms with Crippen LogP contribution in [0.1, 0.15) is 34.1 Å². The molecule has 0 radical (unpaired) electrons. The van der Waals surface area contributed by atoms with E-state index in [9.17, 15) is 4.79 Å². The Hall–Kier alpha value is -0.610. The fraction of sp³-hybridized carbons (Fsp3) is 0.923. The van der Waals surface area contributed by atoms with Crippen LogP contribution in [0.3, 0.4) is 0 Å². The van der Waals surface area contributed by atoms with Gasteiger partial charge in [-0.1, -0.05) is 13.8 Å². The first-order valence-corrected chi connectivity index (χ1v) is 6.83. The SMILES string of the molecule is CCNC(C)CC(=O)N1CCN(CC)C(C)C1. The summed E-state index contributed by atoms with van der Waals surface area (Å²) in [6.45, 7) is 13.3. The summed E-state index contributed by atoms with van der Waals surface area (Å²) in [5, 5.41) is 3.29. The van der Waals surface area contributed by atoms with E-state index < -0.39 is 0 Å². The summed E-state index contributed by atoms with van der Waals surface area (Å²) in [5.41, 5.74) is 0. The maximum atomic E-state index is 12.1. The van der Waals surface area contributed by atoms with Gasteiger partial charge in [0.05, 0.1) is 0 Å². The normalized spacial score (nSPS) is 23.8. The molecule has 0 spiro atoms. The van der Waals surface area contributed by atoms with Gasteiger partial charge >= 0.3 is 0 Å². The molecule has 2 atom stereocenters. The van der Waals surface area contributed by atoms with Crippen molar-refractivity contribution in [3.05, 3.63) is 0 Å². The Bertz CT molecular complexity index is 245. The molecule has 1 rings (SSSR count). The van der Waals surface area contributed by atoms with Gasteiger partial charge in [0.25, 0.3) is 0 Å². The van der Waals surface area contributed by atoms with Crippen molar-refractivity contribution < 1.29 is 4.79 Å². The van der Waals surface area contributed by atoms with Crippen molar-refractivity contribution in [2.75, 3.05) is 32.7 Å². The van der Waals surface area contributed by atoms with E-state index in [0.29, 0.717) is 18.4 Å². The van der Waals surface area contributed by atoms with E-state index in [1.54, 1.807) is 0 Å². The van der Waals surface area contributed by atoms with Gasteiger partial charge < -0.3 is 10.2 Å². The van der Waals surface area contributed by atoms with Crippen molar-refractivity contribution in [2.45, 2.75) is 46.2 Å². The number of piperazine rings is 1. The van der Waals surface area contributed by atoms with Crippen LogP contribution < -0.4 is 5.32 Å². The quantitative estimate of drug-likeness (QED) is 0.778. The molecule has 1 fully saturated rings. The van der Waals surface area contributed by atoms with E-state index in [4.69, 9.17) is 0 Å². The molecule has 17 heavy (non-hydrogen) atoms. The number of nitrogens with one attached hydrogen (secondary N) is 1. The third kappa shape index (κ3) is 4.28. The summed E-state index contributed by atoms with van der Waals surface area (Å²) in [4.78, 5) is 16.5. The Labute approximate surface area is 105 Å². The molecule has 0 aromatic heterocycles. The fourth-order valence-corrected chi connectivity index (χ4v) is 2.50. The van der Waals surface area contributed by atoms with Crippen molar-refractivity contribution in [3.8, 4) is 0 Å². The lowest BCUT2D eigenvalue weighted by molar-refractivity contribution is -0.134. The monoisotopic (exact) mass is 241 g/mol. The summed E-state index contributed by atoms with van der Waals surface area (Å²) in [6.07, 6.45) is 0.618. The number of amides is 1. The minimum absolute atomic E-state index is 0.284. The molecule has 4 nitrogen and oxygen atoms in total. The Morgan fingerprint density at radius 3 is 2.65 bits per heavy atom. The van der Waals surface area contributed by atoms with Crippen LogP contribution >= 0.6 is 0 Å². The van der Waals surface area contributed by atoms with Gasteiger partial charge in [-0.25, -0.2) is 0 Å². The van der Waals surface area contributed by atoms with Gasteiger partial charge in [0.2, 0.25) is 5.91 Å². The zero-order valence-electron chi connectivity index (χ0n) is 11.7. The zero-order valence-corrected chi connectivity index (χ0v) is 11.7. The Kier molecular flexibility index (Phi) is 5.92. The highest BCUT2D eigenvalue weighted by atomic mass is 16.2. The molecule has 0 aliphatic carbocycles. The molecule has 1 amide bonds. The first kappa shape index (κ1) is 14.5. The molecule has 100 valence electrons. The van der Waals surface area contributed by atoms with Crippen LogP contribution in [-0.2, 0) is 4.79 Å². The molecular formula is C13H27N3O. The lowest BCUT2D eigenvalue weighted by Crippen LogP contribution is -2.54. The number of carbonyl (C=O) groups is 1. The summed E-state index contributed by atoms with van der Waals surface area (Å²) in [7, 11) is 0. The Morgan fingerprint density at radius 2 is 2.12 bits per heavy atom. The van der Waals surface area contributed by atoms with Crippen LogP contribution in [0.4, 0.5) is 0 Å². The van der Waals surface area contributed by atoms with Crippen LogP contribution in [-0.4, -0.2) is 60.5 Å². The van der Waals surface area contributed by atoms with E-state index in [0.717, 1.165) is 32.7 Å². The van der Waals surface area contributed by atoms with Gasteiger partial charge in [-0.15, -0.1) is 0 Å². The van der Waals surface area contributed by atoms with E-state index in [1.165, 1.54) is 0 Å². The lowest BCUT2D eigenvalue weighted by Gasteiger charge is -2.39. The molecule has 1 aliphatic heterocycles. The molecule has 0 saturated carbocycles. The van der Waals surface area contributed by atoms with Gasteiger partial charge in [-0.3, -0.25) is 9.69 Å². The maximum Gasteiger partial charge on any atom is 0.224 e. The summed E-state index contributed by atoms with van der Waals surface area (Å²) in [6, 6.07) is 0.777. The second-order valence-corrected chi connectivity index (χ2v) is 4.98. The smallest absolute Gasteiger partial charge is 0.224 e. The fourth-order valence-electron chi connectivity index (χ4n) is 2.50. The number of rotatable bonds is 5.